The Bertz CT molecular complexity index is 1610. The van der Waals surface area contributed by atoms with E-state index >= 15 is 0 Å². The van der Waals surface area contributed by atoms with Crippen LogP contribution in [0.15, 0.2) is 12.1 Å². The number of hydrazine groups is 2. The number of carbonyl (C=O) groups is 4. The van der Waals surface area contributed by atoms with Crippen molar-refractivity contribution in [3.8, 4) is 0 Å². The van der Waals surface area contributed by atoms with Crippen LogP contribution in [0, 0.1) is 21.4 Å². The first-order valence-electron chi connectivity index (χ1n) is 17.2. The fourth-order valence-corrected chi connectivity index (χ4v) is 13.5. The fourth-order valence-electron chi connectivity index (χ4n) is 4.82. The number of halogens is 6. The zero-order valence-electron chi connectivity index (χ0n) is 30.3. The molecule has 326 valence electrons. The Kier molecular flexibility index (Phi) is 25.7. The number of aliphatic hydroxyl groups is 9. The number of hydrogen-bond donors (Lipinski definition) is 13. The second-order valence-electron chi connectivity index (χ2n) is 12.5. The quantitative estimate of drug-likeness (QED) is 0.0440. The van der Waals surface area contributed by atoms with E-state index in [0.717, 1.165) is 10.0 Å². The molecule has 2 rings (SSSR count). The van der Waals surface area contributed by atoms with Gasteiger partial charge in [-0.2, -0.15) is 0 Å². The number of hydrogen-bond acceptors (Lipinski definition) is 15. The first kappa shape index (κ1) is 54.4. The van der Waals surface area contributed by atoms with Crippen LogP contribution in [0.2, 0.25) is 0 Å². The van der Waals surface area contributed by atoms with Crippen LogP contribution >= 0.6 is 136 Å². The van der Waals surface area contributed by atoms with Crippen molar-refractivity contribution in [2.24, 2.45) is 0 Å². The van der Waals surface area contributed by atoms with Gasteiger partial charge >= 0.3 is 0 Å². The monoisotopic (exact) mass is 1490 g/mol. The summed E-state index contributed by atoms with van der Waals surface area (Å²) in [4.78, 5) is 55.1. The van der Waals surface area contributed by atoms with E-state index in [0.29, 0.717) is 14.3 Å². The smallest absolute Gasteiger partial charge is 0.270 e. The Morgan fingerprint density at radius 2 is 0.810 bits per heavy atom. The zero-order valence-corrected chi connectivity index (χ0v) is 43.3. The summed E-state index contributed by atoms with van der Waals surface area (Å²) in [5, 5.41) is 95.2. The van der Waals surface area contributed by atoms with Crippen molar-refractivity contribution in [2.45, 2.75) is 43.4 Å². The predicted molar refractivity (Wildman–Crippen MR) is 260 cm³/mol. The molecule has 0 fully saturated rings. The number of benzene rings is 2. The summed E-state index contributed by atoms with van der Waals surface area (Å²) in [6.45, 7) is -3.81. The molecule has 58 heavy (non-hydrogen) atoms. The van der Waals surface area contributed by atoms with Crippen molar-refractivity contribution in [1.29, 1.82) is 0 Å². The maximum atomic E-state index is 14.3. The second-order valence-corrected chi connectivity index (χ2v) is 19.3. The molecule has 0 bridgehead atoms. The molecule has 0 radical (unpaired) electrons. The van der Waals surface area contributed by atoms with E-state index in [1.807, 2.05) is 136 Å². The Morgan fingerprint density at radius 3 is 1.12 bits per heavy atom. The Morgan fingerprint density at radius 1 is 0.500 bits per heavy atom. The highest BCUT2D eigenvalue weighted by atomic mass is 127. The van der Waals surface area contributed by atoms with E-state index in [1.54, 1.807) is 12.1 Å². The molecular weight excluding hydrogens is 1450 g/mol. The molecular formula is C33H44I6N6O13. The second kappa shape index (κ2) is 27.4. The summed E-state index contributed by atoms with van der Waals surface area (Å²) in [7, 11) is 0. The summed E-state index contributed by atoms with van der Waals surface area (Å²) in [6.07, 6.45) is -6.19. The normalized spacial score (nSPS) is 14.0. The number of nitrogens with one attached hydrogen (secondary N) is 4. The highest BCUT2D eigenvalue weighted by molar-refractivity contribution is 14.1. The number of aliphatic hydroxyl groups excluding tert-OH is 9. The minimum absolute atomic E-state index is 0.00398. The maximum Gasteiger partial charge on any atom is 0.270 e. The molecule has 19 nitrogen and oxygen atoms in total. The van der Waals surface area contributed by atoms with Crippen molar-refractivity contribution in [2.75, 3.05) is 65.7 Å². The molecule has 0 aromatic heterocycles. The highest BCUT2D eigenvalue weighted by Gasteiger charge is 2.32. The van der Waals surface area contributed by atoms with Crippen LogP contribution in [-0.4, -0.2) is 176 Å². The standard InChI is InChI=1S/C33H44I6N6O13/c34-20-5-22(36)26(28(38)24(20)30(55)40-7-17(52)13-48)32(57)44(42-3-1-15(50)11-46)9-19(54)10-45(43-4-2-16(51)12-47)33(58)27-23(37)6-21(35)25(29(27)39)31(56)41-8-18(53)14-49/h5-6,15-19,42-43,46-54H,1-4,7-14H2,(H,40,55)(H,41,56). The van der Waals surface area contributed by atoms with Crippen molar-refractivity contribution in [3.05, 3.63) is 55.8 Å². The lowest BCUT2D eigenvalue weighted by Gasteiger charge is -2.31. The Balaban J connectivity index is 2.56. The van der Waals surface area contributed by atoms with E-state index in [9.17, 15) is 65.1 Å². The summed E-state index contributed by atoms with van der Waals surface area (Å²) >= 11 is 11.4. The topological polar surface area (TPSA) is 305 Å². The van der Waals surface area contributed by atoms with Crippen LogP contribution in [-0.2, 0) is 0 Å². The van der Waals surface area contributed by atoms with Crippen molar-refractivity contribution < 1.29 is 65.1 Å². The van der Waals surface area contributed by atoms with Gasteiger partial charge in [-0.1, -0.05) is 0 Å². The number of amides is 4. The lowest BCUT2D eigenvalue weighted by Crippen LogP contribution is -2.53. The van der Waals surface area contributed by atoms with E-state index in [4.69, 9.17) is 0 Å². The van der Waals surface area contributed by atoms with Crippen molar-refractivity contribution in [3.63, 3.8) is 0 Å². The third-order valence-electron chi connectivity index (χ3n) is 7.90. The van der Waals surface area contributed by atoms with Crippen LogP contribution in [0.25, 0.3) is 0 Å². The summed E-state index contributed by atoms with van der Waals surface area (Å²) in [6, 6.07) is 3.19. The molecule has 25 heteroatoms. The average molecular weight is 1490 g/mol. The van der Waals surface area contributed by atoms with Gasteiger partial charge in [0.1, 0.15) is 0 Å². The summed E-state index contributed by atoms with van der Waals surface area (Å²) in [5.74, 6) is -2.64. The third kappa shape index (κ3) is 16.4. The molecule has 4 amide bonds. The Hall–Kier alpha value is 0.260. The molecule has 4 atom stereocenters. The van der Waals surface area contributed by atoms with E-state index in [2.05, 4.69) is 21.5 Å². The SMILES string of the molecule is O=C(NCC(O)CO)c1c(I)cc(I)c(C(=O)N(CC(O)CN(NCCC(O)CO)C(=O)c2c(I)cc(I)c(C(=O)NCC(O)CO)c2I)NCCC(O)CO)c1I. The number of nitrogens with zero attached hydrogens (tertiary/aromatic N) is 2. The third-order valence-corrected chi connectivity index (χ3v) is 13.5. The predicted octanol–water partition coefficient (Wildman–Crippen LogP) is -1.08. The molecule has 2 aromatic carbocycles. The van der Waals surface area contributed by atoms with Crippen molar-refractivity contribution >= 4 is 159 Å². The lowest BCUT2D eigenvalue weighted by molar-refractivity contribution is 0.0229. The van der Waals surface area contributed by atoms with Gasteiger partial charge in [0, 0.05) is 47.6 Å². The first-order valence-corrected chi connectivity index (χ1v) is 23.7. The van der Waals surface area contributed by atoms with E-state index in [1.165, 1.54) is 0 Å². The average Bonchev–Trinajstić information content (AvgIpc) is 3.17. The molecule has 4 unspecified atom stereocenters. The van der Waals surface area contributed by atoms with Crippen LogP contribution in [0.5, 0.6) is 0 Å². The van der Waals surface area contributed by atoms with E-state index in [-0.39, 0.29) is 68.4 Å². The number of carbonyl (C=O) groups excluding carboxylic acids is 4. The van der Waals surface area contributed by atoms with Gasteiger partial charge in [-0.05, 0) is 161 Å². The van der Waals surface area contributed by atoms with Crippen molar-refractivity contribution in [1.82, 2.24) is 31.5 Å². The van der Waals surface area contributed by atoms with Gasteiger partial charge in [0.25, 0.3) is 23.6 Å². The van der Waals surface area contributed by atoms with Gasteiger partial charge in [0.2, 0.25) is 0 Å². The molecule has 0 aliphatic heterocycles. The first-order chi connectivity index (χ1) is 27.3. The molecule has 0 spiro atoms. The van der Waals surface area contributed by atoms with Crippen LogP contribution in [0.1, 0.15) is 54.3 Å². The highest BCUT2D eigenvalue weighted by Crippen LogP contribution is 2.30. The van der Waals surface area contributed by atoms with Gasteiger partial charge in [0.05, 0.1) is 92.3 Å². The van der Waals surface area contributed by atoms with Crippen LogP contribution in [0.4, 0.5) is 0 Å². The van der Waals surface area contributed by atoms with Gasteiger partial charge in [-0.15, -0.1) is 0 Å². The van der Waals surface area contributed by atoms with Crippen LogP contribution in [0.3, 0.4) is 0 Å². The maximum absolute atomic E-state index is 14.3. The van der Waals surface area contributed by atoms with Gasteiger partial charge in [-0.3, -0.25) is 29.2 Å². The van der Waals surface area contributed by atoms with Gasteiger partial charge in [0.15, 0.2) is 0 Å². The Labute approximate surface area is 415 Å². The molecule has 0 saturated carbocycles. The molecule has 0 aliphatic rings. The molecule has 2 aromatic rings. The van der Waals surface area contributed by atoms with Gasteiger partial charge < -0.3 is 56.6 Å². The molecule has 0 heterocycles. The van der Waals surface area contributed by atoms with E-state index < -0.39 is 93.7 Å². The molecule has 0 aliphatic carbocycles. The fraction of sp³-hybridized carbons (Fsp3) is 0.515. The minimum Gasteiger partial charge on any atom is -0.394 e. The lowest BCUT2D eigenvalue weighted by atomic mass is 10.1. The summed E-state index contributed by atoms with van der Waals surface area (Å²) in [5.41, 5.74) is 6.11. The summed E-state index contributed by atoms with van der Waals surface area (Å²) < 4.78 is 2.32. The van der Waals surface area contributed by atoms with Crippen LogP contribution < -0.4 is 21.5 Å². The molecule has 13 N–H and O–H groups in total. The molecule has 0 saturated heterocycles. The van der Waals surface area contributed by atoms with Gasteiger partial charge in [-0.25, -0.2) is 10.9 Å². The minimum atomic E-state index is -1.50. The number of rotatable bonds is 24. The zero-order chi connectivity index (χ0) is 43.9. The largest absolute Gasteiger partial charge is 0.394 e.